The Morgan fingerprint density at radius 3 is 2.76 bits per heavy atom. The van der Waals surface area contributed by atoms with Crippen molar-refractivity contribution in [2.24, 2.45) is 0 Å². The molecule has 0 aliphatic heterocycles. The first-order valence-electron chi connectivity index (χ1n) is 7.05. The first-order valence-corrected chi connectivity index (χ1v) is 7.05. The van der Waals surface area contributed by atoms with E-state index in [4.69, 9.17) is 0 Å². The normalized spacial score (nSPS) is 10.8. The van der Waals surface area contributed by atoms with Crippen LogP contribution in [0.15, 0.2) is 48.7 Å². The van der Waals surface area contributed by atoms with Gasteiger partial charge in [0.05, 0.1) is 6.42 Å². The monoisotopic (exact) mass is 278 g/mol. The molecular formula is C18H18N2O. The average Bonchev–Trinajstić information content (AvgIpc) is 2.89. The Kier molecular flexibility index (Phi) is 3.48. The molecule has 3 heteroatoms. The molecule has 0 saturated heterocycles. The summed E-state index contributed by atoms with van der Waals surface area (Å²) in [6.07, 6.45) is 2.28. The van der Waals surface area contributed by atoms with E-state index < -0.39 is 0 Å². The second kappa shape index (κ2) is 5.44. The maximum atomic E-state index is 12.2. The third kappa shape index (κ3) is 2.97. The number of aromatic nitrogens is 1. The van der Waals surface area contributed by atoms with Crippen molar-refractivity contribution in [1.29, 1.82) is 0 Å². The van der Waals surface area contributed by atoms with E-state index in [2.05, 4.69) is 16.4 Å². The number of aromatic amines is 1. The maximum absolute atomic E-state index is 12.2. The number of fused-ring (bicyclic) bond motifs is 1. The summed E-state index contributed by atoms with van der Waals surface area (Å²) in [7, 11) is 0. The number of amides is 1. The highest BCUT2D eigenvalue weighted by molar-refractivity contribution is 5.93. The van der Waals surface area contributed by atoms with Crippen LogP contribution >= 0.6 is 0 Å². The number of anilines is 1. The summed E-state index contributed by atoms with van der Waals surface area (Å²) in [5, 5.41) is 4.14. The van der Waals surface area contributed by atoms with Crippen molar-refractivity contribution in [3.63, 3.8) is 0 Å². The highest BCUT2D eigenvalue weighted by Crippen LogP contribution is 2.18. The molecule has 0 atom stereocenters. The third-order valence-corrected chi connectivity index (χ3v) is 3.64. The van der Waals surface area contributed by atoms with Crippen LogP contribution in [0, 0.1) is 13.8 Å². The van der Waals surface area contributed by atoms with Gasteiger partial charge in [0.15, 0.2) is 0 Å². The number of hydrogen-bond donors (Lipinski definition) is 2. The van der Waals surface area contributed by atoms with Crippen molar-refractivity contribution >= 4 is 22.5 Å². The van der Waals surface area contributed by atoms with Crippen molar-refractivity contribution in [2.75, 3.05) is 5.32 Å². The smallest absolute Gasteiger partial charge is 0.228 e. The molecule has 3 nitrogen and oxygen atoms in total. The molecule has 0 saturated carbocycles. The lowest BCUT2D eigenvalue weighted by Gasteiger charge is -2.09. The van der Waals surface area contributed by atoms with Gasteiger partial charge in [0, 0.05) is 17.4 Å². The fourth-order valence-electron chi connectivity index (χ4n) is 2.54. The molecule has 0 aliphatic carbocycles. The quantitative estimate of drug-likeness (QED) is 0.748. The van der Waals surface area contributed by atoms with Crippen molar-refractivity contribution in [3.05, 3.63) is 65.4 Å². The molecule has 21 heavy (non-hydrogen) atoms. The minimum absolute atomic E-state index is 0.00728. The molecule has 0 spiro atoms. The van der Waals surface area contributed by atoms with E-state index in [0.717, 1.165) is 27.7 Å². The van der Waals surface area contributed by atoms with Crippen LogP contribution in [0.2, 0.25) is 0 Å². The van der Waals surface area contributed by atoms with Gasteiger partial charge < -0.3 is 10.3 Å². The molecule has 1 aromatic heterocycles. The van der Waals surface area contributed by atoms with E-state index in [1.54, 1.807) is 0 Å². The fourth-order valence-corrected chi connectivity index (χ4v) is 2.54. The van der Waals surface area contributed by atoms with Crippen LogP contribution in [-0.2, 0) is 11.2 Å². The molecule has 1 heterocycles. The van der Waals surface area contributed by atoms with E-state index in [0.29, 0.717) is 6.42 Å². The third-order valence-electron chi connectivity index (χ3n) is 3.64. The highest BCUT2D eigenvalue weighted by Gasteiger charge is 2.07. The molecule has 0 aliphatic rings. The molecule has 0 bridgehead atoms. The number of carbonyl (C=O) groups is 1. The average molecular weight is 278 g/mol. The van der Waals surface area contributed by atoms with Gasteiger partial charge in [0.2, 0.25) is 5.91 Å². The minimum atomic E-state index is 0.00728. The minimum Gasteiger partial charge on any atom is -0.361 e. The second-order valence-electron chi connectivity index (χ2n) is 5.44. The van der Waals surface area contributed by atoms with Gasteiger partial charge in [0.25, 0.3) is 0 Å². The predicted molar refractivity (Wildman–Crippen MR) is 86.5 cm³/mol. The molecule has 1 amide bonds. The number of carbonyl (C=O) groups excluding carboxylic acids is 1. The van der Waals surface area contributed by atoms with Gasteiger partial charge in [-0.2, -0.15) is 0 Å². The Labute approximate surface area is 124 Å². The fraction of sp³-hybridized carbons (Fsp3) is 0.167. The molecule has 0 unspecified atom stereocenters. The summed E-state index contributed by atoms with van der Waals surface area (Å²) < 4.78 is 0. The Balaban J connectivity index is 1.73. The number of nitrogens with one attached hydrogen (secondary N) is 2. The van der Waals surface area contributed by atoms with Crippen molar-refractivity contribution in [1.82, 2.24) is 4.98 Å². The van der Waals surface area contributed by atoms with Crippen LogP contribution < -0.4 is 5.32 Å². The Morgan fingerprint density at radius 1 is 1.10 bits per heavy atom. The first kappa shape index (κ1) is 13.4. The van der Waals surface area contributed by atoms with E-state index in [9.17, 15) is 4.79 Å². The summed E-state index contributed by atoms with van der Waals surface area (Å²) in [5.41, 5.74) is 5.23. The first-order chi connectivity index (χ1) is 10.1. The molecule has 3 rings (SSSR count). The summed E-state index contributed by atoms with van der Waals surface area (Å²) in [6.45, 7) is 4.05. The Hall–Kier alpha value is -2.55. The van der Waals surface area contributed by atoms with Gasteiger partial charge >= 0.3 is 0 Å². The number of rotatable bonds is 3. The summed E-state index contributed by atoms with van der Waals surface area (Å²) in [6, 6.07) is 14.1. The van der Waals surface area contributed by atoms with Crippen LogP contribution in [0.5, 0.6) is 0 Å². The SMILES string of the molecule is Cc1ccc(NC(=O)Cc2ccc3cc[nH]c3c2)c(C)c1. The van der Waals surface area contributed by atoms with Crippen LogP contribution in [0.3, 0.4) is 0 Å². The number of hydrogen-bond acceptors (Lipinski definition) is 1. The van der Waals surface area contributed by atoms with E-state index >= 15 is 0 Å². The van der Waals surface area contributed by atoms with Crippen molar-refractivity contribution in [3.8, 4) is 0 Å². The van der Waals surface area contributed by atoms with Gasteiger partial charge in [-0.15, -0.1) is 0 Å². The lowest BCUT2D eigenvalue weighted by Crippen LogP contribution is -2.15. The van der Waals surface area contributed by atoms with Crippen LogP contribution in [-0.4, -0.2) is 10.9 Å². The zero-order chi connectivity index (χ0) is 14.8. The topological polar surface area (TPSA) is 44.9 Å². The summed E-state index contributed by atoms with van der Waals surface area (Å²) in [5.74, 6) is 0.00728. The standard InChI is InChI=1S/C18H18N2O/c1-12-3-6-16(13(2)9-12)20-18(21)11-14-4-5-15-7-8-19-17(15)10-14/h3-10,19H,11H2,1-2H3,(H,20,21). The summed E-state index contributed by atoms with van der Waals surface area (Å²) in [4.78, 5) is 15.3. The Morgan fingerprint density at radius 2 is 1.95 bits per heavy atom. The lowest BCUT2D eigenvalue weighted by atomic mass is 10.1. The van der Waals surface area contributed by atoms with Crippen LogP contribution in [0.25, 0.3) is 10.9 Å². The van der Waals surface area contributed by atoms with Gasteiger partial charge in [-0.05, 0) is 48.6 Å². The molecule has 3 aromatic rings. The Bertz CT molecular complexity index is 802. The lowest BCUT2D eigenvalue weighted by molar-refractivity contribution is -0.115. The van der Waals surface area contributed by atoms with Crippen molar-refractivity contribution < 1.29 is 4.79 Å². The number of H-pyrrole nitrogens is 1. The van der Waals surface area contributed by atoms with E-state index in [1.165, 1.54) is 5.56 Å². The van der Waals surface area contributed by atoms with Crippen LogP contribution in [0.1, 0.15) is 16.7 Å². The highest BCUT2D eigenvalue weighted by atomic mass is 16.1. The second-order valence-corrected chi connectivity index (χ2v) is 5.44. The zero-order valence-corrected chi connectivity index (χ0v) is 12.2. The number of aryl methyl sites for hydroxylation is 2. The van der Waals surface area contributed by atoms with Gasteiger partial charge in [-0.1, -0.05) is 29.8 Å². The maximum Gasteiger partial charge on any atom is 0.228 e. The van der Waals surface area contributed by atoms with Gasteiger partial charge in [0.1, 0.15) is 0 Å². The predicted octanol–water partition coefficient (Wildman–Crippen LogP) is 3.97. The van der Waals surface area contributed by atoms with E-state index in [1.807, 2.05) is 56.4 Å². The number of benzene rings is 2. The largest absolute Gasteiger partial charge is 0.361 e. The molecule has 106 valence electrons. The molecular weight excluding hydrogens is 260 g/mol. The molecule has 2 N–H and O–H groups in total. The zero-order valence-electron chi connectivity index (χ0n) is 12.2. The van der Waals surface area contributed by atoms with Crippen LogP contribution in [0.4, 0.5) is 5.69 Å². The summed E-state index contributed by atoms with van der Waals surface area (Å²) >= 11 is 0. The van der Waals surface area contributed by atoms with Gasteiger partial charge in [-0.25, -0.2) is 0 Å². The molecule has 2 aromatic carbocycles. The molecule has 0 fully saturated rings. The van der Waals surface area contributed by atoms with Crippen molar-refractivity contribution in [2.45, 2.75) is 20.3 Å². The van der Waals surface area contributed by atoms with Gasteiger partial charge in [-0.3, -0.25) is 4.79 Å². The molecule has 0 radical (unpaired) electrons. The van der Waals surface area contributed by atoms with E-state index in [-0.39, 0.29) is 5.91 Å².